The van der Waals surface area contributed by atoms with Crippen LogP contribution < -0.4 is 5.32 Å². The van der Waals surface area contributed by atoms with Crippen molar-refractivity contribution >= 4 is 0 Å². The van der Waals surface area contributed by atoms with E-state index in [1.54, 1.807) is 6.33 Å². The van der Waals surface area contributed by atoms with Crippen LogP contribution in [0.5, 0.6) is 0 Å². The van der Waals surface area contributed by atoms with Gasteiger partial charge >= 0.3 is 0 Å². The number of ether oxygens (including phenoxy) is 1. The summed E-state index contributed by atoms with van der Waals surface area (Å²) in [4.78, 5) is 0. The first-order chi connectivity index (χ1) is 8.67. The van der Waals surface area contributed by atoms with E-state index in [2.05, 4.69) is 40.9 Å². The van der Waals surface area contributed by atoms with Crippen molar-refractivity contribution in [3.8, 4) is 0 Å². The van der Waals surface area contributed by atoms with Crippen LogP contribution in [0.2, 0.25) is 0 Å². The van der Waals surface area contributed by atoms with Crippen LogP contribution in [0.3, 0.4) is 0 Å². The molecule has 0 spiro atoms. The molecule has 2 rings (SSSR count). The number of hydrogen-bond acceptors (Lipinski definition) is 4. The number of hydrogen-bond donors (Lipinski definition) is 1. The minimum Gasteiger partial charge on any atom is -0.375 e. The summed E-state index contributed by atoms with van der Waals surface area (Å²) in [6.45, 7) is 9.06. The zero-order valence-electron chi connectivity index (χ0n) is 11.6. The minimum absolute atomic E-state index is 0.0361. The quantitative estimate of drug-likeness (QED) is 0.867. The van der Waals surface area contributed by atoms with Gasteiger partial charge in [-0.25, -0.2) is 0 Å². The third-order valence-electron chi connectivity index (χ3n) is 3.93. The molecule has 0 bridgehead atoms. The Morgan fingerprint density at radius 3 is 3.11 bits per heavy atom. The second-order valence-corrected chi connectivity index (χ2v) is 5.26. The average Bonchev–Trinajstić information content (AvgIpc) is 2.84. The van der Waals surface area contributed by atoms with Gasteiger partial charge in [0.1, 0.15) is 12.2 Å². The lowest BCUT2D eigenvalue weighted by Gasteiger charge is -2.38. The molecule has 2 heterocycles. The van der Waals surface area contributed by atoms with Gasteiger partial charge in [-0.1, -0.05) is 6.92 Å². The predicted molar refractivity (Wildman–Crippen MR) is 70.2 cm³/mol. The van der Waals surface area contributed by atoms with Gasteiger partial charge in [0, 0.05) is 19.2 Å². The summed E-state index contributed by atoms with van der Waals surface area (Å²) in [5, 5.41) is 11.7. The summed E-state index contributed by atoms with van der Waals surface area (Å²) in [5.41, 5.74) is 0.0361. The number of nitrogens with zero attached hydrogens (tertiary/aromatic N) is 3. The molecular weight excluding hydrogens is 228 g/mol. The standard InChI is InChI=1S/C13H24N4O/c1-4-13(3)8-11(6-7-18-13)14-9-12-16-15-10-17(12)5-2/h10-11,14H,4-9H2,1-3H3. The second kappa shape index (κ2) is 5.80. The molecule has 0 aliphatic carbocycles. The van der Waals surface area contributed by atoms with Crippen LogP contribution in [0.15, 0.2) is 6.33 Å². The Labute approximate surface area is 109 Å². The van der Waals surface area contributed by atoms with Crippen molar-refractivity contribution in [1.29, 1.82) is 0 Å². The highest BCUT2D eigenvalue weighted by Crippen LogP contribution is 2.27. The van der Waals surface area contributed by atoms with E-state index in [-0.39, 0.29) is 5.60 Å². The fourth-order valence-corrected chi connectivity index (χ4v) is 2.47. The smallest absolute Gasteiger partial charge is 0.146 e. The fourth-order valence-electron chi connectivity index (χ4n) is 2.47. The summed E-state index contributed by atoms with van der Waals surface area (Å²) in [6.07, 6.45) is 5.01. The van der Waals surface area contributed by atoms with Gasteiger partial charge in [-0.3, -0.25) is 0 Å². The number of aryl methyl sites for hydroxylation is 1. The molecule has 1 aromatic heterocycles. The Morgan fingerprint density at radius 2 is 2.39 bits per heavy atom. The Bertz CT molecular complexity index is 379. The van der Waals surface area contributed by atoms with E-state index in [0.29, 0.717) is 6.04 Å². The van der Waals surface area contributed by atoms with Crippen LogP contribution in [0.25, 0.3) is 0 Å². The van der Waals surface area contributed by atoms with Crippen molar-refractivity contribution < 1.29 is 4.74 Å². The first kappa shape index (κ1) is 13.5. The Morgan fingerprint density at radius 1 is 1.56 bits per heavy atom. The highest BCUT2D eigenvalue weighted by atomic mass is 16.5. The van der Waals surface area contributed by atoms with E-state index in [0.717, 1.165) is 44.8 Å². The van der Waals surface area contributed by atoms with Crippen LogP contribution >= 0.6 is 0 Å². The van der Waals surface area contributed by atoms with Gasteiger partial charge in [0.05, 0.1) is 12.1 Å². The van der Waals surface area contributed by atoms with Crippen molar-refractivity contribution in [3.05, 3.63) is 12.2 Å². The molecule has 0 saturated carbocycles. The van der Waals surface area contributed by atoms with E-state index in [4.69, 9.17) is 4.74 Å². The molecule has 1 aromatic rings. The topological polar surface area (TPSA) is 52.0 Å². The van der Waals surface area contributed by atoms with E-state index in [1.165, 1.54) is 0 Å². The Hall–Kier alpha value is -0.940. The summed E-state index contributed by atoms with van der Waals surface area (Å²) in [6, 6.07) is 0.519. The molecule has 1 aliphatic heterocycles. The van der Waals surface area contributed by atoms with Crippen LogP contribution in [-0.2, 0) is 17.8 Å². The molecule has 1 fully saturated rings. The predicted octanol–water partition coefficient (Wildman–Crippen LogP) is 1.74. The zero-order chi connectivity index (χ0) is 13.0. The molecular formula is C13H24N4O. The third kappa shape index (κ3) is 3.09. The van der Waals surface area contributed by atoms with Gasteiger partial charge in [0.15, 0.2) is 0 Å². The number of aromatic nitrogens is 3. The molecule has 0 aromatic carbocycles. The van der Waals surface area contributed by atoms with E-state index >= 15 is 0 Å². The Balaban J connectivity index is 1.87. The molecule has 18 heavy (non-hydrogen) atoms. The maximum Gasteiger partial charge on any atom is 0.146 e. The van der Waals surface area contributed by atoms with Gasteiger partial charge < -0.3 is 14.6 Å². The maximum atomic E-state index is 5.85. The summed E-state index contributed by atoms with van der Waals surface area (Å²) in [5.74, 6) is 1.02. The van der Waals surface area contributed by atoms with Gasteiger partial charge in [-0.2, -0.15) is 0 Å². The van der Waals surface area contributed by atoms with Gasteiger partial charge in [-0.05, 0) is 33.1 Å². The Kier molecular flexibility index (Phi) is 4.35. The molecule has 5 nitrogen and oxygen atoms in total. The second-order valence-electron chi connectivity index (χ2n) is 5.26. The monoisotopic (exact) mass is 252 g/mol. The van der Waals surface area contributed by atoms with Crippen LogP contribution in [0.4, 0.5) is 0 Å². The van der Waals surface area contributed by atoms with E-state index in [1.807, 2.05) is 0 Å². The maximum absolute atomic E-state index is 5.85. The molecule has 0 amide bonds. The molecule has 1 aliphatic rings. The SMILES string of the molecule is CCn1cnnc1CNC1CCOC(C)(CC)C1. The van der Waals surface area contributed by atoms with Crippen molar-refractivity contribution in [2.75, 3.05) is 6.61 Å². The molecule has 2 atom stereocenters. The van der Waals surface area contributed by atoms with Gasteiger partial charge in [0.2, 0.25) is 0 Å². The van der Waals surface area contributed by atoms with Crippen LogP contribution in [0.1, 0.15) is 45.9 Å². The number of rotatable bonds is 5. The van der Waals surface area contributed by atoms with Crippen LogP contribution in [-0.4, -0.2) is 33.0 Å². The molecule has 1 N–H and O–H groups in total. The summed E-state index contributed by atoms with van der Waals surface area (Å²) >= 11 is 0. The van der Waals surface area contributed by atoms with Gasteiger partial charge in [-0.15, -0.1) is 10.2 Å². The van der Waals surface area contributed by atoms with Crippen LogP contribution in [0, 0.1) is 0 Å². The lowest BCUT2D eigenvalue weighted by atomic mass is 9.90. The largest absolute Gasteiger partial charge is 0.375 e. The minimum atomic E-state index is 0.0361. The van der Waals surface area contributed by atoms with E-state index < -0.39 is 0 Å². The zero-order valence-corrected chi connectivity index (χ0v) is 11.6. The van der Waals surface area contributed by atoms with Crippen molar-refractivity contribution in [2.45, 2.75) is 64.8 Å². The first-order valence-corrected chi connectivity index (χ1v) is 6.91. The summed E-state index contributed by atoms with van der Waals surface area (Å²) < 4.78 is 7.93. The lowest BCUT2D eigenvalue weighted by molar-refractivity contribution is -0.0782. The molecule has 5 heteroatoms. The first-order valence-electron chi connectivity index (χ1n) is 6.91. The lowest BCUT2D eigenvalue weighted by Crippen LogP contribution is -2.45. The molecule has 0 radical (unpaired) electrons. The van der Waals surface area contributed by atoms with Crippen molar-refractivity contribution in [2.24, 2.45) is 0 Å². The number of nitrogens with one attached hydrogen (secondary N) is 1. The highest BCUT2D eigenvalue weighted by molar-refractivity contribution is 4.89. The third-order valence-corrected chi connectivity index (χ3v) is 3.93. The van der Waals surface area contributed by atoms with Crippen molar-refractivity contribution in [1.82, 2.24) is 20.1 Å². The molecule has 102 valence electrons. The van der Waals surface area contributed by atoms with E-state index in [9.17, 15) is 0 Å². The van der Waals surface area contributed by atoms with Gasteiger partial charge in [0.25, 0.3) is 0 Å². The highest BCUT2D eigenvalue weighted by Gasteiger charge is 2.31. The molecule has 1 saturated heterocycles. The van der Waals surface area contributed by atoms with Crippen molar-refractivity contribution in [3.63, 3.8) is 0 Å². The summed E-state index contributed by atoms with van der Waals surface area (Å²) in [7, 11) is 0. The molecule has 2 unspecified atom stereocenters. The normalized spacial score (nSPS) is 28.5. The average molecular weight is 252 g/mol. The fraction of sp³-hybridized carbons (Fsp3) is 0.846.